The van der Waals surface area contributed by atoms with Crippen LogP contribution in [0.2, 0.25) is 18.1 Å². The Morgan fingerprint density at radius 3 is 2.25 bits per heavy atom. The molecule has 0 N–H and O–H groups in total. The van der Waals surface area contributed by atoms with E-state index in [-0.39, 0.29) is 12.0 Å². The van der Waals surface area contributed by atoms with Crippen LogP contribution in [0, 0.1) is 11.8 Å². The normalized spacial score (nSPS) is 22.5. The van der Waals surface area contributed by atoms with Gasteiger partial charge in [-0.3, -0.25) is 0 Å². The van der Waals surface area contributed by atoms with Gasteiger partial charge in [-0.05, 0) is 42.6 Å². The summed E-state index contributed by atoms with van der Waals surface area (Å²) in [7, 11) is -2.65. The molecule has 0 bridgehead atoms. The Bertz CT molecular complexity index is 795. The van der Waals surface area contributed by atoms with Gasteiger partial charge in [0.1, 0.15) is 0 Å². The lowest BCUT2D eigenvalue weighted by Crippen LogP contribution is -2.42. The molecular formula is C23H37NO2SSi. The lowest BCUT2D eigenvalue weighted by atomic mass is 9.90. The van der Waals surface area contributed by atoms with E-state index in [2.05, 4.69) is 57.2 Å². The fraction of sp³-hybridized carbons (Fsp3) is 0.565. The highest BCUT2D eigenvalue weighted by atomic mass is 32.2. The second-order valence-corrected chi connectivity index (χ2v) is 15.1. The summed E-state index contributed by atoms with van der Waals surface area (Å²) in [6.45, 7) is 11.3. The molecule has 2 rings (SSSR count). The van der Waals surface area contributed by atoms with E-state index in [4.69, 9.17) is 4.43 Å². The van der Waals surface area contributed by atoms with E-state index in [9.17, 15) is 4.21 Å². The quantitative estimate of drug-likeness (QED) is 0.349. The summed E-state index contributed by atoms with van der Waals surface area (Å²) in [6, 6.07) is 13.1. The van der Waals surface area contributed by atoms with Gasteiger partial charge in [0, 0.05) is 17.9 Å². The second kappa shape index (κ2) is 10.0. The third-order valence-electron chi connectivity index (χ3n) is 6.17. The number of benzene rings is 1. The van der Waals surface area contributed by atoms with E-state index in [1.54, 1.807) is 7.05 Å². The van der Waals surface area contributed by atoms with E-state index in [0.717, 1.165) is 27.9 Å². The van der Waals surface area contributed by atoms with Crippen LogP contribution in [0.15, 0.2) is 62.7 Å². The molecule has 0 radical (unpaired) electrons. The van der Waals surface area contributed by atoms with Gasteiger partial charge < -0.3 is 4.43 Å². The third kappa shape index (κ3) is 4.86. The second-order valence-electron chi connectivity index (χ2n) is 7.93. The Morgan fingerprint density at radius 1 is 1.14 bits per heavy atom. The molecule has 0 aromatic heterocycles. The van der Waals surface area contributed by atoms with E-state index < -0.39 is 18.0 Å². The van der Waals surface area contributed by atoms with Gasteiger partial charge in [0.25, 0.3) is 0 Å². The van der Waals surface area contributed by atoms with Crippen molar-refractivity contribution >= 4 is 18.0 Å². The minimum absolute atomic E-state index is 0.0558. The van der Waals surface area contributed by atoms with Crippen LogP contribution in [0.3, 0.4) is 0 Å². The highest BCUT2D eigenvalue weighted by Gasteiger charge is 2.35. The van der Waals surface area contributed by atoms with E-state index in [1.807, 2.05) is 30.3 Å². The van der Waals surface area contributed by atoms with Gasteiger partial charge >= 0.3 is 0 Å². The smallest absolute Gasteiger partial charge is 0.192 e. The van der Waals surface area contributed by atoms with Gasteiger partial charge in [0.15, 0.2) is 8.32 Å². The maximum absolute atomic E-state index is 13.9. The van der Waals surface area contributed by atoms with Crippen molar-refractivity contribution < 1.29 is 8.63 Å². The molecule has 0 saturated heterocycles. The Hall–Kier alpha value is -1.17. The first-order chi connectivity index (χ1) is 13.4. The van der Waals surface area contributed by atoms with Crippen molar-refractivity contribution in [2.24, 2.45) is 16.2 Å². The minimum Gasteiger partial charge on any atom is -0.410 e. The Labute approximate surface area is 173 Å². The molecule has 0 heterocycles. The predicted molar refractivity (Wildman–Crippen MR) is 123 cm³/mol. The molecule has 0 fully saturated rings. The first-order valence-electron chi connectivity index (χ1n) is 10.6. The standard InChI is InChI=1S/C23H37NO2SSi/c1-7-28(8-2,9-3)26-23-17-13-16-21(18-22(23)19(4)5)27(25,24-6)20-14-11-10-12-15-20/h10-15,17-19,22-23H,7-9,16H2,1-6H3/t22-,23-,27?/m0/s1. The first-order valence-corrected chi connectivity index (χ1v) is 14.7. The highest BCUT2D eigenvalue weighted by Crippen LogP contribution is 2.35. The van der Waals surface area contributed by atoms with Crippen molar-refractivity contribution in [1.29, 1.82) is 0 Å². The van der Waals surface area contributed by atoms with Crippen LogP contribution >= 0.6 is 0 Å². The van der Waals surface area contributed by atoms with Crippen molar-refractivity contribution in [1.82, 2.24) is 0 Å². The fourth-order valence-electron chi connectivity index (χ4n) is 3.99. The van der Waals surface area contributed by atoms with Crippen molar-refractivity contribution in [3.63, 3.8) is 0 Å². The summed E-state index contributed by atoms with van der Waals surface area (Å²) < 4.78 is 25.1. The molecule has 3 nitrogen and oxygen atoms in total. The molecule has 28 heavy (non-hydrogen) atoms. The average molecular weight is 420 g/mol. The Balaban J connectivity index is 2.48. The number of hydrogen-bond donors (Lipinski definition) is 0. The number of rotatable bonds is 8. The average Bonchev–Trinajstić information content (AvgIpc) is 2.95. The van der Waals surface area contributed by atoms with Crippen LogP contribution in [0.5, 0.6) is 0 Å². The summed E-state index contributed by atoms with van der Waals surface area (Å²) in [5.74, 6) is 0.605. The van der Waals surface area contributed by atoms with Crippen LogP contribution in [0.4, 0.5) is 0 Å². The van der Waals surface area contributed by atoms with Gasteiger partial charge in [-0.1, -0.05) is 71.0 Å². The summed E-state index contributed by atoms with van der Waals surface area (Å²) >= 11 is 0. The van der Waals surface area contributed by atoms with Crippen molar-refractivity contribution in [3.8, 4) is 0 Å². The van der Waals surface area contributed by atoms with Crippen LogP contribution in [0.1, 0.15) is 41.0 Å². The predicted octanol–water partition coefficient (Wildman–Crippen LogP) is 6.65. The number of nitrogens with zero attached hydrogens (tertiary/aromatic N) is 1. The fourth-order valence-corrected chi connectivity index (χ4v) is 8.74. The first kappa shape index (κ1) is 23.1. The van der Waals surface area contributed by atoms with Gasteiger partial charge in [0.05, 0.1) is 20.7 Å². The van der Waals surface area contributed by atoms with Crippen molar-refractivity contribution in [2.75, 3.05) is 7.05 Å². The molecule has 0 aliphatic heterocycles. The zero-order valence-corrected chi connectivity index (χ0v) is 20.2. The molecule has 1 aliphatic rings. The van der Waals surface area contributed by atoms with E-state index in [1.165, 1.54) is 0 Å². The van der Waals surface area contributed by atoms with E-state index >= 15 is 0 Å². The molecule has 0 amide bonds. The molecule has 0 spiro atoms. The maximum Gasteiger partial charge on any atom is 0.192 e. The Kier molecular flexibility index (Phi) is 8.28. The summed E-state index contributed by atoms with van der Waals surface area (Å²) in [6.07, 6.45) is 7.30. The van der Waals surface area contributed by atoms with Crippen LogP contribution in [-0.4, -0.2) is 25.7 Å². The van der Waals surface area contributed by atoms with Gasteiger partial charge in [-0.2, -0.15) is 0 Å². The zero-order valence-electron chi connectivity index (χ0n) is 18.4. The number of allylic oxidation sites excluding steroid dienone is 2. The van der Waals surface area contributed by atoms with Crippen molar-refractivity contribution in [3.05, 3.63) is 53.5 Å². The third-order valence-corrected chi connectivity index (χ3v) is 13.2. The largest absolute Gasteiger partial charge is 0.410 e. The summed E-state index contributed by atoms with van der Waals surface area (Å²) in [4.78, 5) is 1.71. The van der Waals surface area contributed by atoms with Gasteiger partial charge in [-0.15, -0.1) is 0 Å². The van der Waals surface area contributed by atoms with Gasteiger partial charge in [-0.25, -0.2) is 8.57 Å². The minimum atomic E-state index is -2.59. The SMILES string of the molecule is CC[Si](CC)(CC)O[C@H]1C=CCC(S(=O)(=NC)c2ccccc2)=C[C@H]1C(C)C. The molecule has 3 atom stereocenters. The lowest BCUT2D eigenvalue weighted by molar-refractivity contribution is 0.162. The molecular weight excluding hydrogens is 382 g/mol. The summed E-state index contributed by atoms with van der Waals surface area (Å²) in [5, 5.41) is 0. The Morgan fingerprint density at radius 2 is 1.75 bits per heavy atom. The zero-order chi connectivity index (χ0) is 20.8. The molecule has 156 valence electrons. The van der Waals surface area contributed by atoms with Crippen molar-refractivity contribution in [2.45, 2.75) is 70.2 Å². The highest BCUT2D eigenvalue weighted by molar-refractivity contribution is 7.97. The summed E-state index contributed by atoms with van der Waals surface area (Å²) in [5.41, 5.74) is 0. The monoisotopic (exact) mass is 419 g/mol. The topological polar surface area (TPSA) is 38.7 Å². The molecule has 1 aromatic carbocycles. The molecule has 1 unspecified atom stereocenters. The molecule has 1 aliphatic carbocycles. The van der Waals surface area contributed by atoms with Gasteiger partial charge in [0.2, 0.25) is 0 Å². The molecule has 5 heteroatoms. The number of hydrogen-bond acceptors (Lipinski definition) is 3. The molecule has 0 saturated carbocycles. The molecule has 1 aromatic rings. The van der Waals surface area contributed by atoms with Crippen LogP contribution < -0.4 is 0 Å². The maximum atomic E-state index is 13.9. The van der Waals surface area contributed by atoms with E-state index in [0.29, 0.717) is 12.3 Å². The lowest BCUT2D eigenvalue weighted by Gasteiger charge is -2.36. The van der Waals surface area contributed by atoms with Crippen LogP contribution in [0.25, 0.3) is 0 Å². The van der Waals surface area contributed by atoms with Crippen LogP contribution in [-0.2, 0) is 14.2 Å².